The summed E-state index contributed by atoms with van der Waals surface area (Å²) in [7, 11) is -2.05. The Kier molecular flexibility index (Phi) is 7.29. The highest BCUT2D eigenvalue weighted by Crippen LogP contribution is 2.33. The number of rotatable bonds is 9. The molecule has 2 aromatic rings. The average Bonchev–Trinajstić information content (AvgIpc) is 2.63. The van der Waals surface area contributed by atoms with Crippen LogP contribution in [0.2, 0.25) is 5.02 Å². The Morgan fingerprint density at radius 1 is 1.25 bits per heavy atom. The van der Waals surface area contributed by atoms with E-state index in [1.807, 2.05) is 0 Å². The normalized spacial score (nSPS) is 12.3. The number of aliphatic hydroxyl groups excluding tert-OH is 1. The first-order chi connectivity index (χ1) is 13.2. The van der Waals surface area contributed by atoms with E-state index in [9.17, 15) is 13.2 Å². The van der Waals surface area contributed by atoms with Crippen molar-refractivity contribution in [2.75, 3.05) is 31.9 Å². The van der Waals surface area contributed by atoms with E-state index in [-0.39, 0.29) is 23.9 Å². The molecule has 1 unspecified atom stereocenters. The maximum Gasteiger partial charge on any atom is 0.175 e. The summed E-state index contributed by atoms with van der Waals surface area (Å²) in [5, 5.41) is 12.5. The van der Waals surface area contributed by atoms with Gasteiger partial charge in [0, 0.05) is 28.6 Å². The van der Waals surface area contributed by atoms with E-state index in [0.29, 0.717) is 27.8 Å². The van der Waals surface area contributed by atoms with Crippen molar-refractivity contribution >= 4 is 32.9 Å². The zero-order valence-corrected chi connectivity index (χ0v) is 17.3. The van der Waals surface area contributed by atoms with Crippen LogP contribution in [0.4, 0.5) is 5.69 Å². The van der Waals surface area contributed by atoms with Gasteiger partial charge in [0.1, 0.15) is 24.1 Å². The number of benzene rings is 2. The third-order valence-electron chi connectivity index (χ3n) is 3.90. The highest BCUT2D eigenvalue weighted by Gasteiger charge is 2.22. The monoisotopic (exact) mass is 427 g/mol. The van der Waals surface area contributed by atoms with Crippen LogP contribution < -0.4 is 14.8 Å². The van der Waals surface area contributed by atoms with Crippen molar-refractivity contribution in [3.05, 3.63) is 47.0 Å². The number of carbonyl (C=O) groups is 1. The van der Waals surface area contributed by atoms with Gasteiger partial charge >= 0.3 is 0 Å². The van der Waals surface area contributed by atoms with E-state index in [1.54, 1.807) is 24.3 Å². The Morgan fingerprint density at radius 3 is 2.54 bits per heavy atom. The highest BCUT2D eigenvalue weighted by molar-refractivity contribution is 7.90. The molecule has 0 aliphatic carbocycles. The first-order valence-electron chi connectivity index (χ1n) is 8.35. The smallest absolute Gasteiger partial charge is 0.175 e. The van der Waals surface area contributed by atoms with Crippen molar-refractivity contribution in [1.29, 1.82) is 0 Å². The molecule has 152 valence electrons. The van der Waals surface area contributed by atoms with Crippen molar-refractivity contribution < 1.29 is 27.8 Å². The van der Waals surface area contributed by atoms with Gasteiger partial charge < -0.3 is 19.9 Å². The first kappa shape index (κ1) is 22.0. The summed E-state index contributed by atoms with van der Waals surface area (Å²) in [6.45, 7) is 1.24. The zero-order chi connectivity index (χ0) is 20.9. The first-order valence-corrected chi connectivity index (χ1v) is 10.6. The second-order valence-electron chi connectivity index (χ2n) is 6.11. The number of ether oxygens (including phenoxy) is 2. The standard InChI is InChI=1S/C19H22ClNO6S/c1-12(23)19(17-5-4-13(20)8-18(17)27-7-6-22)21-14-9-15(26-2)11-16(10-14)28(3,24)25/h4-5,8-11,19,21-22H,6-7H2,1-3H3. The number of ketones is 1. The van der Waals surface area contributed by atoms with Gasteiger partial charge in [0.15, 0.2) is 15.6 Å². The van der Waals surface area contributed by atoms with Gasteiger partial charge in [0.05, 0.1) is 18.6 Å². The van der Waals surface area contributed by atoms with E-state index in [1.165, 1.54) is 26.2 Å². The molecule has 2 rings (SSSR count). The summed E-state index contributed by atoms with van der Waals surface area (Å²) in [5.41, 5.74) is 0.900. The van der Waals surface area contributed by atoms with Crippen LogP contribution in [0, 0.1) is 0 Å². The van der Waals surface area contributed by atoms with E-state index in [2.05, 4.69) is 5.32 Å². The van der Waals surface area contributed by atoms with Gasteiger partial charge in [-0.1, -0.05) is 17.7 Å². The van der Waals surface area contributed by atoms with Crippen LogP contribution in [0.5, 0.6) is 11.5 Å². The maximum atomic E-state index is 12.3. The molecule has 0 saturated heterocycles. The van der Waals surface area contributed by atoms with Crippen molar-refractivity contribution in [2.45, 2.75) is 17.9 Å². The molecule has 0 saturated carbocycles. The van der Waals surface area contributed by atoms with Crippen molar-refractivity contribution in [3.63, 3.8) is 0 Å². The van der Waals surface area contributed by atoms with Gasteiger partial charge in [-0.05, 0) is 31.2 Å². The van der Waals surface area contributed by atoms with Gasteiger partial charge in [0.2, 0.25) is 0 Å². The van der Waals surface area contributed by atoms with Crippen molar-refractivity contribution in [3.8, 4) is 11.5 Å². The SMILES string of the molecule is COc1cc(NC(C(C)=O)c2ccc(Cl)cc2OCCO)cc(S(C)(=O)=O)c1. The molecular formula is C19H22ClNO6S. The molecular weight excluding hydrogens is 406 g/mol. The van der Waals surface area contributed by atoms with Crippen LogP contribution in [0.3, 0.4) is 0 Å². The number of halogens is 1. The van der Waals surface area contributed by atoms with Crippen LogP contribution in [0.25, 0.3) is 0 Å². The number of aliphatic hydroxyl groups is 1. The quantitative estimate of drug-likeness (QED) is 0.634. The number of nitrogens with one attached hydrogen (secondary N) is 1. The summed E-state index contributed by atoms with van der Waals surface area (Å²) in [4.78, 5) is 12.4. The molecule has 0 aromatic heterocycles. The minimum absolute atomic E-state index is 0.0371. The van der Waals surface area contributed by atoms with Crippen LogP contribution in [-0.4, -0.2) is 45.9 Å². The van der Waals surface area contributed by atoms with Crippen LogP contribution in [0.1, 0.15) is 18.5 Å². The van der Waals surface area contributed by atoms with Crippen LogP contribution in [-0.2, 0) is 14.6 Å². The number of Topliss-reactive ketones (excluding diaryl/α,β-unsaturated/α-hetero) is 1. The largest absolute Gasteiger partial charge is 0.497 e. The number of carbonyl (C=O) groups excluding carboxylic acids is 1. The molecule has 0 fully saturated rings. The predicted molar refractivity (Wildman–Crippen MR) is 107 cm³/mol. The maximum absolute atomic E-state index is 12.3. The topological polar surface area (TPSA) is 102 Å². The fourth-order valence-corrected chi connectivity index (χ4v) is 3.41. The molecule has 0 amide bonds. The average molecular weight is 428 g/mol. The zero-order valence-electron chi connectivity index (χ0n) is 15.7. The molecule has 2 N–H and O–H groups in total. The van der Waals surface area contributed by atoms with Gasteiger partial charge in [-0.3, -0.25) is 4.79 Å². The van der Waals surface area contributed by atoms with Crippen LogP contribution >= 0.6 is 11.6 Å². The fourth-order valence-electron chi connectivity index (χ4n) is 2.58. The number of sulfone groups is 1. The molecule has 2 aromatic carbocycles. The Morgan fingerprint density at radius 2 is 1.96 bits per heavy atom. The number of methoxy groups -OCH3 is 1. The lowest BCUT2D eigenvalue weighted by atomic mass is 10.0. The van der Waals surface area contributed by atoms with Gasteiger partial charge in [-0.15, -0.1) is 0 Å². The lowest BCUT2D eigenvalue weighted by Crippen LogP contribution is -2.20. The Labute approximate surface area is 169 Å². The van der Waals surface area contributed by atoms with E-state index < -0.39 is 15.9 Å². The van der Waals surface area contributed by atoms with E-state index >= 15 is 0 Å². The number of hydrogen-bond acceptors (Lipinski definition) is 7. The van der Waals surface area contributed by atoms with Crippen molar-refractivity contribution in [2.24, 2.45) is 0 Å². The molecule has 0 aliphatic rings. The molecule has 0 spiro atoms. The molecule has 7 nitrogen and oxygen atoms in total. The minimum Gasteiger partial charge on any atom is -0.497 e. The molecule has 0 bridgehead atoms. The minimum atomic E-state index is -3.48. The summed E-state index contributed by atoms with van der Waals surface area (Å²) >= 11 is 6.02. The lowest BCUT2D eigenvalue weighted by molar-refractivity contribution is -0.117. The van der Waals surface area contributed by atoms with Gasteiger partial charge in [-0.25, -0.2) is 8.42 Å². The second kappa shape index (κ2) is 9.27. The summed E-state index contributed by atoms with van der Waals surface area (Å²) < 4.78 is 34.6. The Hall–Kier alpha value is -2.29. The fraction of sp³-hybridized carbons (Fsp3) is 0.316. The Bertz CT molecular complexity index is 961. The van der Waals surface area contributed by atoms with Gasteiger partial charge in [0.25, 0.3) is 0 Å². The van der Waals surface area contributed by atoms with Gasteiger partial charge in [-0.2, -0.15) is 0 Å². The van der Waals surface area contributed by atoms with Crippen LogP contribution in [0.15, 0.2) is 41.3 Å². The van der Waals surface area contributed by atoms with E-state index in [0.717, 1.165) is 6.26 Å². The molecule has 28 heavy (non-hydrogen) atoms. The Balaban J connectivity index is 2.49. The second-order valence-corrected chi connectivity index (χ2v) is 8.56. The summed E-state index contributed by atoms with van der Waals surface area (Å²) in [6, 6.07) is 8.41. The lowest BCUT2D eigenvalue weighted by Gasteiger charge is -2.21. The molecule has 1 atom stereocenters. The van der Waals surface area contributed by atoms with E-state index in [4.69, 9.17) is 26.2 Å². The molecule has 0 aliphatic heterocycles. The summed E-state index contributed by atoms with van der Waals surface area (Å²) in [5.74, 6) is 0.459. The predicted octanol–water partition coefficient (Wildman–Crippen LogP) is 2.87. The molecule has 0 heterocycles. The molecule has 9 heteroatoms. The third-order valence-corrected chi connectivity index (χ3v) is 5.22. The molecule has 0 radical (unpaired) electrons. The number of hydrogen-bond donors (Lipinski definition) is 2. The highest BCUT2D eigenvalue weighted by atomic mass is 35.5. The van der Waals surface area contributed by atoms with Crippen molar-refractivity contribution in [1.82, 2.24) is 0 Å². The number of anilines is 1. The summed E-state index contributed by atoms with van der Waals surface area (Å²) in [6.07, 6.45) is 1.09. The third kappa shape index (κ3) is 5.60.